The summed E-state index contributed by atoms with van der Waals surface area (Å²) >= 11 is 7.04. The summed E-state index contributed by atoms with van der Waals surface area (Å²) in [4.78, 5) is 13.9. The molecule has 4 rings (SSSR count). The van der Waals surface area contributed by atoms with Gasteiger partial charge in [-0.15, -0.1) is 0 Å². The third-order valence-electron chi connectivity index (χ3n) is 4.37. The van der Waals surface area contributed by atoms with Crippen LogP contribution >= 0.6 is 23.4 Å². The summed E-state index contributed by atoms with van der Waals surface area (Å²) in [5.41, 5.74) is -0.348. The lowest BCUT2D eigenvalue weighted by atomic mass is 10.0. The van der Waals surface area contributed by atoms with Crippen LogP contribution in [0.15, 0.2) is 63.0 Å². The molecule has 0 bridgehead atoms. The van der Waals surface area contributed by atoms with Gasteiger partial charge < -0.3 is 4.52 Å². The van der Waals surface area contributed by atoms with Crippen LogP contribution in [0.1, 0.15) is 46.0 Å². The smallest absolute Gasteiger partial charge is 0.360 e. The number of nitrogens with zero attached hydrogens (tertiary/aromatic N) is 1. The zero-order valence-corrected chi connectivity index (χ0v) is 15.9. The molecule has 0 amide bonds. The number of hydrogen-bond acceptors (Lipinski definition) is 4. The molecular weight excluding hydrogens is 411 g/mol. The van der Waals surface area contributed by atoms with Crippen molar-refractivity contribution in [2.24, 2.45) is 0 Å². The van der Waals surface area contributed by atoms with Crippen LogP contribution in [0.4, 0.5) is 13.2 Å². The second-order valence-corrected chi connectivity index (χ2v) is 8.03. The van der Waals surface area contributed by atoms with Gasteiger partial charge in [-0.3, -0.25) is 4.79 Å². The topological polar surface area (TPSA) is 43.1 Å². The molecule has 0 N–H and O–H groups in total. The summed E-state index contributed by atoms with van der Waals surface area (Å²) in [6, 6.07) is 9.84. The van der Waals surface area contributed by atoms with E-state index in [1.54, 1.807) is 24.3 Å². The van der Waals surface area contributed by atoms with E-state index >= 15 is 0 Å². The van der Waals surface area contributed by atoms with Gasteiger partial charge in [-0.2, -0.15) is 13.2 Å². The number of alkyl halides is 3. The van der Waals surface area contributed by atoms with Crippen molar-refractivity contribution < 1.29 is 22.5 Å². The van der Waals surface area contributed by atoms with E-state index < -0.39 is 17.5 Å². The highest BCUT2D eigenvalue weighted by atomic mass is 35.5. The fourth-order valence-electron chi connectivity index (χ4n) is 2.83. The predicted octanol–water partition coefficient (Wildman–Crippen LogP) is 6.61. The number of benzene rings is 2. The van der Waals surface area contributed by atoms with Crippen molar-refractivity contribution in [1.29, 1.82) is 0 Å². The van der Waals surface area contributed by atoms with Crippen LogP contribution in [-0.2, 0) is 6.18 Å². The van der Waals surface area contributed by atoms with Gasteiger partial charge in [0.15, 0.2) is 11.5 Å². The van der Waals surface area contributed by atoms with Gasteiger partial charge in [0.05, 0.1) is 17.3 Å². The Morgan fingerprint density at radius 1 is 1.14 bits per heavy atom. The van der Waals surface area contributed by atoms with E-state index in [2.05, 4.69) is 5.16 Å². The van der Waals surface area contributed by atoms with Crippen molar-refractivity contribution in [3.05, 3.63) is 76.1 Å². The summed E-state index contributed by atoms with van der Waals surface area (Å²) in [5.74, 6) is 0.255. The zero-order chi connectivity index (χ0) is 19.9. The molecule has 1 saturated carbocycles. The Hall–Kier alpha value is -2.25. The van der Waals surface area contributed by atoms with Crippen molar-refractivity contribution in [3.8, 4) is 0 Å². The van der Waals surface area contributed by atoms with Crippen molar-refractivity contribution in [1.82, 2.24) is 5.16 Å². The number of halogens is 4. The van der Waals surface area contributed by atoms with Crippen LogP contribution in [0.2, 0.25) is 5.02 Å². The van der Waals surface area contributed by atoms with E-state index in [0.717, 1.165) is 36.7 Å². The van der Waals surface area contributed by atoms with Crippen LogP contribution in [0.3, 0.4) is 0 Å². The molecule has 1 aromatic heterocycles. The second kappa shape index (κ2) is 7.29. The highest BCUT2D eigenvalue weighted by Crippen LogP contribution is 2.43. The van der Waals surface area contributed by atoms with E-state index in [4.69, 9.17) is 16.1 Å². The molecule has 8 heteroatoms. The molecule has 3 aromatic rings. The Labute approximate surface area is 167 Å². The lowest BCUT2D eigenvalue weighted by Gasteiger charge is -2.13. The number of ketones is 1. The molecule has 1 aliphatic carbocycles. The minimum Gasteiger partial charge on any atom is -0.360 e. The normalized spacial score (nSPS) is 14.3. The molecular formula is C20H13ClF3NO2S. The van der Waals surface area contributed by atoms with Gasteiger partial charge in [-0.05, 0) is 49.2 Å². The molecule has 28 heavy (non-hydrogen) atoms. The van der Waals surface area contributed by atoms with Gasteiger partial charge >= 0.3 is 6.18 Å². The lowest BCUT2D eigenvalue weighted by molar-refractivity contribution is -0.137. The Morgan fingerprint density at radius 3 is 2.61 bits per heavy atom. The first-order valence-corrected chi connectivity index (χ1v) is 9.66. The van der Waals surface area contributed by atoms with Crippen LogP contribution < -0.4 is 0 Å². The number of hydrogen-bond donors (Lipinski definition) is 0. The first-order chi connectivity index (χ1) is 13.3. The van der Waals surface area contributed by atoms with Crippen molar-refractivity contribution in [2.45, 2.75) is 34.7 Å². The van der Waals surface area contributed by atoms with Gasteiger partial charge in [-0.1, -0.05) is 34.6 Å². The maximum absolute atomic E-state index is 13.2. The van der Waals surface area contributed by atoms with E-state index in [9.17, 15) is 18.0 Å². The second-order valence-electron chi connectivity index (χ2n) is 6.48. The zero-order valence-electron chi connectivity index (χ0n) is 14.3. The molecule has 0 atom stereocenters. The van der Waals surface area contributed by atoms with Crippen LogP contribution in [0.5, 0.6) is 0 Å². The molecule has 0 radical (unpaired) electrons. The summed E-state index contributed by atoms with van der Waals surface area (Å²) < 4.78 is 44.9. The molecule has 1 fully saturated rings. The van der Waals surface area contributed by atoms with Gasteiger partial charge in [0, 0.05) is 26.3 Å². The number of aromatic nitrogens is 1. The molecule has 0 spiro atoms. The lowest BCUT2D eigenvalue weighted by Crippen LogP contribution is -2.09. The molecule has 0 aliphatic heterocycles. The molecule has 0 unspecified atom stereocenters. The molecule has 3 nitrogen and oxygen atoms in total. The molecule has 1 aliphatic rings. The number of rotatable bonds is 5. The third-order valence-corrected chi connectivity index (χ3v) is 5.65. The van der Waals surface area contributed by atoms with E-state index in [0.29, 0.717) is 21.2 Å². The quantitative estimate of drug-likeness (QED) is 0.433. The van der Waals surface area contributed by atoms with Gasteiger partial charge in [-0.25, -0.2) is 0 Å². The standard InChI is InChI=1S/C20H13ClF3NO2S/c21-13-2-1-3-14(9-13)28-17-8-12(20(22,23)24)6-7-15(17)18(26)16-10-25-27-19(16)11-4-5-11/h1-3,6-11H,4-5H2. The van der Waals surface area contributed by atoms with Crippen LogP contribution in [0, 0.1) is 0 Å². The van der Waals surface area contributed by atoms with Crippen molar-refractivity contribution in [2.75, 3.05) is 0 Å². The van der Waals surface area contributed by atoms with Crippen molar-refractivity contribution >= 4 is 29.1 Å². The van der Waals surface area contributed by atoms with Gasteiger partial charge in [0.1, 0.15) is 0 Å². The highest BCUT2D eigenvalue weighted by Gasteiger charge is 2.35. The average Bonchev–Trinajstić information content (AvgIpc) is 3.37. The minimum absolute atomic E-state index is 0.153. The van der Waals surface area contributed by atoms with Crippen LogP contribution in [-0.4, -0.2) is 10.9 Å². The van der Waals surface area contributed by atoms with Gasteiger partial charge in [0.2, 0.25) is 0 Å². The first-order valence-electron chi connectivity index (χ1n) is 8.47. The Morgan fingerprint density at radius 2 is 1.93 bits per heavy atom. The molecule has 2 aromatic carbocycles. The summed E-state index contributed by atoms with van der Waals surface area (Å²) in [5, 5.41) is 4.17. The Balaban J connectivity index is 1.77. The molecule has 0 saturated heterocycles. The summed E-state index contributed by atoms with van der Waals surface area (Å²) in [6.45, 7) is 0. The fraction of sp³-hybridized carbons (Fsp3) is 0.200. The van der Waals surface area contributed by atoms with Crippen LogP contribution in [0.25, 0.3) is 0 Å². The monoisotopic (exact) mass is 423 g/mol. The SMILES string of the molecule is O=C(c1ccc(C(F)(F)F)cc1Sc1cccc(Cl)c1)c1cnoc1C1CC1. The highest BCUT2D eigenvalue weighted by molar-refractivity contribution is 7.99. The molecule has 144 valence electrons. The predicted molar refractivity (Wildman–Crippen MR) is 98.9 cm³/mol. The van der Waals surface area contributed by atoms with E-state index in [1.165, 1.54) is 12.3 Å². The number of carbonyl (C=O) groups excluding carboxylic acids is 1. The fourth-order valence-corrected chi connectivity index (χ4v) is 4.13. The number of carbonyl (C=O) groups is 1. The minimum atomic E-state index is -4.51. The average molecular weight is 424 g/mol. The summed E-state index contributed by atoms with van der Waals surface area (Å²) in [7, 11) is 0. The van der Waals surface area contributed by atoms with Crippen molar-refractivity contribution in [3.63, 3.8) is 0 Å². The van der Waals surface area contributed by atoms with Gasteiger partial charge in [0.25, 0.3) is 0 Å². The first kappa shape index (κ1) is 19.1. The summed E-state index contributed by atoms with van der Waals surface area (Å²) in [6.07, 6.45) is -1.36. The Kier molecular flexibility index (Phi) is 4.97. The Bertz CT molecular complexity index is 1040. The van der Waals surface area contributed by atoms with E-state index in [-0.39, 0.29) is 16.4 Å². The van der Waals surface area contributed by atoms with E-state index in [1.807, 2.05) is 0 Å². The maximum Gasteiger partial charge on any atom is 0.416 e. The largest absolute Gasteiger partial charge is 0.416 e. The molecule has 1 heterocycles. The maximum atomic E-state index is 13.2. The third kappa shape index (κ3) is 3.95.